The Labute approximate surface area is 138 Å². The summed E-state index contributed by atoms with van der Waals surface area (Å²) in [5.74, 6) is 0.977. The van der Waals surface area contributed by atoms with Crippen LogP contribution in [0, 0.1) is 0 Å². The van der Waals surface area contributed by atoms with Gasteiger partial charge in [-0.3, -0.25) is 0 Å². The van der Waals surface area contributed by atoms with E-state index in [1.54, 1.807) is 4.52 Å². The molecule has 0 aliphatic heterocycles. The third kappa shape index (κ3) is 2.89. The van der Waals surface area contributed by atoms with Crippen molar-refractivity contribution >= 4 is 40.6 Å². The average molecular weight is 334 g/mol. The van der Waals surface area contributed by atoms with Gasteiger partial charge in [-0.15, -0.1) is 0 Å². The van der Waals surface area contributed by atoms with Crippen LogP contribution < -0.4 is 5.32 Å². The smallest absolute Gasteiger partial charge is 0.232 e. The summed E-state index contributed by atoms with van der Waals surface area (Å²) in [7, 11) is 0. The Morgan fingerprint density at radius 2 is 2.09 bits per heavy atom. The summed E-state index contributed by atoms with van der Waals surface area (Å²) in [5, 5.41) is 9.06. The number of nitrogens with zero attached hydrogens (tertiary/aromatic N) is 4. The van der Waals surface area contributed by atoms with Crippen LogP contribution in [0.1, 0.15) is 25.3 Å². The van der Waals surface area contributed by atoms with Gasteiger partial charge in [0.15, 0.2) is 10.8 Å². The van der Waals surface area contributed by atoms with Crippen LogP contribution in [0.15, 0.2) is 35.6 Å². The second-order valence-electron chi connectivity index (χ2n) is 5.16. The second kappa shape index (κ2) is 6.14. The minimum absolute atomic E-state index is 0.348. The Balaban J connectivity index is 2.12. The molecule has 0 radical (unpaired) electrons. The number of benzene rings is 1. The molecule has 2 heterocycles. The molecule has 0 aliphatic rings. The zero-order chi connectivity index (χ0) is 15.7. The van der Waals surface area contributed by atoms with Gasteiger partial charge < -0.3 is 5.32 Å². The van der Waals surface area contributed by atoms with Gasteiger partial charge in [-0.05, 0) is 30.4 Å². The van der Waals surface area contributed by atoms with Crippen molar-refractivity contribution in [3.05, 3.63) is 41.0 Å². The molecule has 3 rings (SSSR count). The van der Waals surface area contributed by atoms with Gasteiger partial charge in [0.05, 0.1) is 6.20 Å². The van der Waals surface area contributed by atoms with E-state index in [1.165, 1.54) is 11.8 Å². The lowest BCUT2D eigenvalue weighted by molar-refractivity contribution is 0.837. The number of hydrogen-bond acceptors (Lipinski definition) is 5. The van der Waals surface area contributed by atoms with Crippen LogP contribution in [0.3, 0.4) is 0 Å². The highest BCUT2D eigenvalue weighted by molar-refractivity contribution is 7.98. The summed E-state index contributed by atoms with van der Waals surface area (Å²) < 4.78 is 1.73. The average Bonchev–Trinajstić information content (AvgIpc) is 2.91. The van der Waals surface area contributed by atoms with E-state index < -0.39 is 0 Å². The molecule has 2 aromatic heterocycles. The molecule has 22 heavy (non-hydrogen) atoms. The molecule has 0 spiro atoms. The van der Waals surface area contributed by atoms with E-state index in [0.29, 0.717) is 22.0 Å². The van der Waals surface area contributed by atoms with E-state index in [1.807, 2.05) is 36.7 Å². The van der Waals surface area contributed by atoms with Crippen molar-refractivity contribution in [1.82, 2.24) is 19.6 Å². The lowest BCUT2D eigenvalue weighted by Gasteiger charge is -2.09. The molecule has 0 unspecified atom stereocenters. The summed E-state index contributed by atoms with van der Waals surface area (Å²) in [5.41, 5.74) is 2.80. The van der Waals surface area contributed by atoms with Gasteiger partial charge in [0.25, 0.3) is 0 Å². The van der Waals surface area contributed by atoms with Crippen molar-refractivity contribution in [2.45, 2.75) is 24.9 Å². The molecule has 1 N–H and O–H groups in total. The van der Waals surface area contributed by atoms with Gasteiger partial charge in [-0.25, -0.2) is 4.98 Å². The fourth-order valence-electron chi connectivity index (χ4n) is 2.15. The molecule has 0 atom stereocenters. The third-order valence-corrected chi connectivity index (χ3v) is 4.04. The highest BCUT2D eigenvalue weighted by atomic mass is 35.5. The van der Waals surface area contributed by atoms with Crippen molar-refractivity contribution in [3.63, 3.8) is 0 Å². The normalized spacial score (nSPS) is 11.3. The molecule has 1 aromatic carbocycles. The van der Waals surface area contributed by atoms with E-state index in [0.717, 1.165) is 16.9 Å². The SMILES string of the molecule is CSc1nc(Nc2cccc(Cl)c2)n2ncc(C(C)C)c2n1. The Bertz CT molecular complexity index is 815. The maximum atomic E-state index is 6.03. The maximum absolute atomic E-state index is 6.03. The third-order valence-electron chi connectivity index (χ3n) is 3.26. The molecular formula is C15H16ClN5S. The van der Waals surface area contributed by atoms with Crippen molar-refractivity contribution in [1.29, 1.82) is 0 Å². The number of halogens is 1. The fourth-order valence-corrected chi connectivity index (χ4v) is 2.70. The fraction of sp³-hybridized carbons (Fsp3) is 0.267. The predicted molar refractivity (Wildman–Crippen MR) is 91.4 cm³/mol. The number of fused-ring (bicyclic) bond motifs is 1. The van der Waals surface area contributed by atoms with Crippen LogP contribution in [-0.2, 0) is 0 Å². The molecule has 0 saturated carbocycles. The van der Waals surface area contributed by atoms with Crippen LogP contribution in [-0.4, -0.2) is 25.8 Å². The Morgan fingerprint density at radius 1 is 1.27 bits per heavy atom. The molecule has 114 valence electrons. The second-order valence-corrected chi connectivity index (χ2v) is 6.37. The summed E-state index contributed by atoms with van der Waals surface area (Å²) in [4.78, 5) is 9.10. The minimum atomic E-state index is 0.348. The van der Waals surface area contributed by atoms with Crippen LogP contribution >= 0.6 is 23.4 Å². The number of rotatable bonds is 4. The van der Waals surface area contributed by atoms with E-state index >= 15 is 0 Å². The topological polar surface area (TPSA) is 55.1 Å². The number of aromatic nitrogens is 4. The Hall–Kier alpha value is -1.79. The van der Waals surface area contributed by atoms with Gasteiger partial charge in [-0.2, -0.15) is 14.6 Å². The van der Waals surface area contributed by atoms with Gasteiger partial charge in [0.1, 0.15) is 0 Å². The first kappa shape index (κ1) is 15.1. The number of anilines is 2. The van der Waals surface area contributed by atoms with Crippen molar-refractivity contribution in [2.24, 2.45) is 0 Å². The van der Waals surface area contributed by atoms with E-state index in [-0.39, 0.29) is 0 Å². The van der Waals surface area contributed by atoms with E-state index in [9.17, 15) is 0 Å². The Morgan fingerprint density at radius 3 is 2.77 bits per heavy atom. The van der Waals surface area contributed by atoms with Gasteiger partial charge in [0, 0.05) is 16.3 Å². The van der Waals surface area contributed by atoms with E-state index in [2.05, 4.69) is 34.2 Å². The first-order chi connectivity index (χ1) is 10.6. The molecule has 0 fully saturated rings. The summed E-state index contributed by atoms with van der Waals surface area (Å²) in [6, 6.07) is 7.51. The molecule has 3 aromatic rings. The number of hydrogen-bond donors (Lipinski definition) is 1. The Kier molecular flexibility index (Phi) is 4.22. The lowest BCUT2D eigenvalue weighted by atomic mass is 10.1. The minimum Gasteiger partial charge on any atom is -0.324 e. The van der Waals surface area contributed by atoms with Crippen molar-refractivity contribution in [3.8, 4) is 0 Å². The zero-order valence-corrected chi connectivity index (χ0v) is 14.1. The first-order valence-corrected chi connectivity index (χ1v) is 8.51. The van der Waals surface area contributed by atoms with Crippen LogP contribution in [0.2, 0.25) is 5.02 Å². The zero-order valence-electron chi connectivity index (χ0n) is 12.5. The van der Waals surface area contributed by atoms with Gasteiger partial charge >= 0.3 is 0 Å². The van der Waals surface area contributed by atoms with E-state index in [4.69, 9.17) is 11.6 Å². The lowest BCUT2D eigenvalue weighted by Crippen LogP contribution is -2.06. The molecule has 0 saturated heterocycles. The van der Waals surface area contributed by atoms with Gasteiger partial charge in [-0.1, -0.05) is 43.3 Å². The largest absolute Gasteiger partial charge is 0.324 e. The first-order valence-electron chi connectivity index (χ1n) is 6.90. The number of nitrogens with one attached hydrogen (secondary N) is 1. The standard InChI is InChI=1S/C15H16ClN5S/c1-9(2)12-8-17-21-13(12)19-15(22-3)20-14(21)18-11-6-4-5-10(16)7-11/h4-9H,1-3H3,(H,18,19,20). The highest BCUT2D eigenvalue weighted by Crippen LogP contribution is 2.25. The van der Waals surface area contributed by atoms with Crippen LogP contribution in [0.5, 0.6) is 0 Å². The predicted octanol–water partition coefficient (Wildman–Crippen LogP) is 4.37. The molecule has 0 aliphatic carbocycles. The quantitative estimate of drug-likeness (QED) is 0.719. The molecular weight excluding hydrogens is 318 g/mol. The number of thioether (sulfide) groups is 1. The molecule has 5 nitrogen and oxygen atoms in total. The van der Waals surface area contributed by atoms with Crippen LogP contribution in [0.4, 0.5) is 11.6 Å². The van der Waals surface area contributed by atoms with Crippen molar-refractivity contribution in [2.75, 3.05) is 11.6 Å². The molecule has 7 heteroatoms. The van der Waals surface area contributed by atoms with Crippen molar-refractivity contribution < 1.29 is 0 Å². The van der Waals surface area contributed by atoms with Crippen LogP contribution in [0.25, 0.3) is 5.65 Å². The monoisotopic (exact) mass is 333 g/mol. The summed E-state index contributed by atoms with van der Waals surface area (Å²) >= 11 is 7.54. The highest BCUT2D eigenvalue weighted by Gasteiger charge is 2.15. The maximum Gasteiger partial charge on any atom is 0.232 e. The summed E-state index contributed by atoms with van der Waals surface area (Å²) in [6.45, 7) is 4.25. The van der Waals surface area contributed by atoms with Gasteiger partial charge in [0.2, 0.25) is 5.95 Å². The summed E-state index contributed by atoms with van der Waals surface area (Å²) in [6.07, 6.45) is 3.81. The molecule has 0 amide bonds. The molecule has 0 bridgehead atoms.